The van der Waals surface area contributed by atoms with Crippen LogP contribution in [0.15, 0.2) is 22.7 Å². The van der Waals surface area contributed by atoms with E-state index >= 15 is 0 Å². The molecule has 0 heterocycles. The minimum Gasteiger partial charge on any atom is -0.380 e. The van der Waals surface area contributed by atoms with Crippen LogP contribution in [0.25, 0.3) is 0 Å². The van der Waals surface area contributed by atoms with Crippen LogP contribution in [0.5, 0.6) is 0 Å². The molecule has 1 fully saturated rings. The molecule has 0 aliphatic heterocycles. The van der Waals surface area contributed by atoms with Gasteiger partial charge in [-0.1, -0.05) is 73.7 Å². The van der Waals surface area contributed by atoms with Crippen LogP contribution < -0.4 is 5.32 Å². The topological polar surface area (TPSA) is 12.0 Å². The average Bonchev–Trinajstić information content (AvgIpc) is 2.44. The van der Waals surface area contributed by atoms with E-state index < -0.39 is 0 Å². The first-order valence-corrected chi connectivity index (χ1v) is 9.26. The second-order valence-electron chi connectivity index (χ2n) is 6.22. The second-order valence-corrected chi connectivity index (χ2v) is 7.14. The van der Waals surface area contributed by atoms with Crippen molar-refractivity contribution in [3.05, 3.63) is 28.5 Å². The molecule has 1 N–H and O–H groups in total. The molecule has 1 aromatic carbocycles. The summed E-state index contributed by atoms with van der Waals surface area (Å²) in [6.45, 7) is 0. The predicted octanol–water partition coefficient (Wildman–Crippen LogP) is 6.67. The van der Waals surface area contributed by atoms with Crippen molar-refractivity contribution in [2.75, 3.05) is 5.32 Å². The van der Waals surface area contributed by atoms with Crippen LogP contribution in [0.3, 0.4) is 0 Å². The van der Waals surface area contributed by atoms with Crippen molar-refractivity contribution < 1.29 is 4.39 Å². The molecule has 0 aromatic heterocycles. The Kier molecular flexibility index (Phi) is 7.56. The fourth-order valence-electron chi connectivity index (χ4n) is 3.13. The Bertz CT molecular complexity index is 410. The van der Waals surface area contributed by atoms with E-state index in [0.717, 1.165) is 17.3 Å². The van der Waals surface area contributed by atoms with Gasteiger partial charge in [0.2, 0.25) is 0 Å². The molecular formula is C18H27BrFN. The molecule has 118 valence electrons. The van der Waals surface area contributed by atoms with Crippen LogP contribution in [-0.4, -0.2) is 6.04 Å². The summed E-state index contributed by atoms with van der Waals surface area (Å²) in [4.78, 5) is 0. The van der Waals surface area contributed by atoms with E-state index in [9.17, 15) is 4.39 Å². The van der Waals surface area contributed by atoms with Crippen molar-refractivity contribution in [2.24, 2.45) is 0 Å². The molecule has 1 saturated carbocycles. The van der Waals surface area contributed by atoms with Gasteiger partial charge >= 0.3 is 0 Å². The molecule has 1 aromatic rings. The molecule has 0 saturated heterocycles. The lowest BCUT2D eigenvalue weighted by Gasteiger charge is -2.21. The molecule has 0 atom stereocenters. The highest BCUT2D eigenvalue weighted by molar-refractivity contribution is 9.10. The Morgan fingerprint density at radius 2 is 1.38 bits per heavy atom. The third-order valence-electron chi connectivity index (χ3n) is 4.40. The zero-order valence-electron chi connectivity index (χ0n) is 12.8. The quantitative estimate of drug-likeness (QED) is 0.624. The largest absolute Gasteiger partial charge is 0.380 e. The number of halogens is 2. The molecule has 1 nitrogen and oxygen atoms in total. The number of hydrogen-bond acceptors (Lipinski definition) is 1. The van der Waals surface area contributed by atoms with Crippen LogP contribution in [0.1, 0.15) is 70.6 Å². The summed E-state index contributed by atoms with van der Waals surface area (Å²) in [6, 6.07) is 5.70. The first-order valence-electron chi connectivity index (χ1n) is 8.47. The first-order chi connectivity index (χ1) is 10.3. The lowest BCUT2D eigenvalue weighted by molar-refractivity contribution is 0.478. The Hall–Kier alpha value is -0.570. The summed E-state index contributed by atoms with van der Waals surface area (Å²) in [5.74, 6) is -0.157. The van der Waals surface area contributed by atoms with Crippen LogP contribution in [0.4, 0.5) is 10.1 Å². The fraction of sp³-hybridized carbons (Fsp3) is 0.667. The van der Waals surface area contributed by atoms with Crippen LogP contribution in [0.2, 0.25) is 0 Å². The molecule has 0 radical (unpaired) electrons. The predicted molar refractivity (Wildman–Crippen MR) is 92.3 cm³/mol. The van der Waals surface area contributed by atoms with Gasteiger partial charge in [-0.15, -0.1) is 0 Å². The third kappa shape index (κ3) is 6.37. The minimum atomic E-state index is -0.157. The lowest BCUT2D eigenvalue weighted by atomic mass is 9.98. The van der Waals surface area contributed by atoms with E-state index in [1.54, 1.807) is 0 Å². The molecule has 0 bridgehead atoms. The van der Waals surface area contributed by atoms with Gasteiger partial charge < -0.3 is 5.32 Å². The Labute approximate surface area is 136 Å². The fourth-order valence-corrected chi connectivity index (χ4v) is 3.47. The maximum absolute atomic E-state index is 14.0. The molecule has 2 rings (SSSR count). The van der Waals surface area contributed by atoms with Crippen molar-refractivity contribution in [1.29, 1.82) is 0 Å². The summed E-state index contributed by atoms with van der Waals surface area (Å²) in [5, 5.41) is 3.43. The van der Waals surface area contributed by atoms with Crippen LogP contribution >= 0.6 is 15.9 Å². The van der Waals surface area contributed by atoms with Crippen LogP contribution in [-0.2, 0) is 0 Å². The normalized spacial score (nSPS) is 19.5. The SMILES string of the molecule is Fc1cc(Br)ccc1NC1CCCCCCCCCCC1. The van der Waals surface area contributed by atoms with Crippen molar-refractivity contribution >= 4 is 21.6 Å². The Balaban J connectivity index is 1.90. The number of hydrogen-bond donors (Lipinski definition) is 1. The van der Waals surface area contributed by atoms with Gasteiger partial charge in [-0.3, -0.25) is 0 Å². The molecular weight excluding hydrogens is 329 g/mol. The van der Waals surface area contributed by atoms with Gasteiger partial charge in [-0.2, -0.15) is 0 Å². The number of benzene rings is 1. The van der Waals surface area contributed by atoms with E-state index in [2.05, 4.69) is 21.2 Å². The Morgan fingerprint density at radius 3 is 1.90 bits per heavy atom. The number of rotatable bonds is 2. The highest BCUT2D eigenvalue weighted by Crippen LogP contribution is 2.23. The summed E-state index contributed by atoms with van der Waals surface area (Å²) in [6.07, 6.45) is 14.4. The van der Waals surface area contributed by atoms with Crippen LogP contribution in [0, 0.1) is 5.82 Å². The first kappa shape index (κ1) is 16.8. The average molecular weight is 356 g/mol. The number of anilines is 1. The summed E-state index contributed by atoms with van der Waals surface area (Å²) < 4.78 is 14.8. The molecule has 3 heteroatoms. The molecule has 0 unspecified atom stereocenters. The minimum absolute atomic E-state index is 0.157. The standard InChI is InChI=1S/C18H27BrFN/c19-15-12-13-18(17(20)14-15)21-16-10-8-6-4-2-1-3-5-7-9-11-16/h12-14,16,21H,1-11H2. The van der Waals surface area contributed by atoms with Gasteiger partial charge in [0.15, 0.2) is 0 Å². The lowest BCUT2D eigenvalue weighted by Crippen LogP contribution is -2.20. The summed E-state index contributed by atoms with van der Waals surface area (Å²) in [7, 11) is 0. The Morgan fingerprint density at radius 1 is 0.857 bits per heavy atom. The molecule has 1 aliphatic carbocycles. The zero-order chi connectivity index (χ0) is 14.9. The molecule has 21 heavy (non-hydrogen) atoms. The van der Waals surface area contributed by atoms with Crippen molar-refractivity contribution in [2.45, 2.75) is 76.7 Å². The monoisotopic (exact) mass is 355 g/mol. The van der Waals surface area contributed by atoms with E-state index in [1.807, 2.05) is 12.1 Å². The second kappa shape index (κ2) is 9.45. The van der Waals surface area contributed by atoms with Crippen molar-refractivity contribution in [3.63, 3.8) is 0 Å². The summed E-state index contributed by atoms with van der Waals surface area (Å²) >= 11 is 3.31. The van der Waals surface area contributed by atoms with Gasteiger partial charge in [0.25, 0.3) is 0 Å². The molecule has 0 spiro atoms. The van der Waals surface area contributed by atoms with Gasteiger partial charge in [0.05, 0.1) is 5.69 Å². The maximum atomic E-state index is 14.0. The highest BCUT2D eigenvalue weighted by atomic mass is 79.9. The van der Waals surface area contributed by atoms with Crippen molar-refractivity contribution in [3.8, 4) is 0 Å². The van der Waals surface area contributed by atoms with E-state index in [4.69, 9.17) is 0 Å². The van der Waals surface area contributed by atoms with E-state index in [-0.39, 0.29) is 5.82 Å². The smallest absolute Gasteiger partial charge is 0.147 e. The third-order valence-corrected chi connectivity index (χ3v) is 4.89. The highest BCUT2D eigenvalue weighted by Gasteiger charge is 2.12. The van der Waals surface area contributed by atoms with Crippen molar-refractivity contribution in [1.82, 2.24) is 0 Å². The molecule has 1 aliphatic rings. The van der Waals surface area contributed by atoms with Gasteiger partial charge in [0.1, 0.15) is 5.82 Å². The number of nitrogens with one attached hydrogen (secondary N) is 1. The van der Waals surface area contributed by atoms with E-state index in [0.29, 0.717) is 11.7 Å². The summed E-state index contributed by atoms with van der Waals surface area (Å²) in [5.41, 5.74) is 0.648. The maximum Gasteiger partial charge on any atom is 0.147 e. The van der Waals surface area contributed by atoms with Gasteiger partial charge in [-0.25, -0.2) is 4.39 Å². The zero-order valence-corrected chi connectivity index (χ0v) is 14.4. The van der Waals surface area contributed by atoms with Gasteiger partial charge in [0, 0.05) is 10.5 Å². The van der Waals surface area contributed by atoms with E-state index in [1.165, 1.54) is 63.9 Å². The molecule has 0 amide bonds. The van der Waals surface area contributed by atoms with Gasteiger partial charge in [-0.05, 0) is 31.0 Å².